The van der Waals surface area contributed by atoms with Gasteiger partial charge in [-0.25, -0.2) is 4.79 Å². The first-order valence-corrected chi connectivity index (χ1v) is 9.20. The number of carbonyl (C=O) groups excluding carboxylic acids is 2. The van der Waals surface area contributed by atoms with Crippen LogP contribution in [0.1, 0.15) is 72.1 Å². The fourth-order valence-corrected chi connectivity index (χ4v) is 3.04. The number of alkyl carbamates (subject to hydrolysis) is 1. The van der Waals surface area contributed by atoms with Crippen molar-refractivity contribution in [2.45, 2.75) is 83.8 Å². The topological polar surface area (TPSA) is 87.7 Å². The number of hydrogen-bond donors (Lipinski definition) is 3. The highest BCUT2D eigenvalue weighted by Crippen LogP contribution is 2.27. The van der Waals surface area contributed by atoms with Gasteiger partial charge < -0.3 is 15.2 Å². The molecule has 0 spiro atoms. The Balaban J connectivity index is 2.18. The van der Waals surface area contributed by atoms with Gasteiger partial charge in [-0.2, -0.15) is 0 Å². The van der Waals surface area contributed by atoms with Gasteiger partial charge in [0.05, 0.1) is 6.61 Å². The lowest BCUT2D eigenvalue weighted by atomic mass is 9.86. The van der Waals surface area contributed by atoms with E-state index in [-0.39, 0.29) is 6.61 Å². The fourth-order valence-electron chi connectivity index (χ4n) is 3.04. The largest absolute Gasteiger partial charge is 0.444 e. The number of aliphatic hydroxyl groups is 1. The molecule has 1 fully saturated rings. The molecule has 0 aromatic carbocycles. The van der Waals surface area contributed by atoms with Crippen LogP contribution >= 0.6 is 0 Å². The second kappa shape index (κ2) is 10.7. The molecule has 6 heteroatoms. The molecule has 3 N–H and O–H groups in total. The summed E-state index contributed by atoms with van der Waals surface area (Å²) in [6.45, 7) is 5.48. The van der Waals surface area contributed by atoms with E-state index in [9.17, 15) is 14.7 Å². The molecular formula is C18H34N2O4. The van der Waals surface area contributed by atoms with E-state index < -0.39 is 23.6 Å². The molecule has 2 amide bonds. The molecule has 24 heavy (non-hydrogen) atoms. The second-order valence-corrected chi connectivity index (χ2v) is 7.68. The highest BCUT2D eigenvalue weighted by atomic mass is 16.6. The molecule has 1 aliphatic rings. The second-order valence-electron chi connectivity index (χ2n) is 7.68. The molecular weight excluding hydrogens is 308 g/mol. The molecule has 0 saturated heterocycles. The predicted molar refractivity (Wildman–Crippen MR) is 93.7 cm³/mol. The number of aliphatic hydroxyl groups excluding tert-OH is 1. The number of ether oxygens (including phenoxy) is 1. The van der Waals surface area contributed by atoms with Gasteiger partial charge in [-0.1, -0.05) is 44.9 Å². The van der Waals surface area contributed by atoms with Gasteiger partial charge in [-0.05, 0) is 39.7 Å². The molecule has 0 aliphatic heterocycles. The highest BCUT2D eigenvalue weighted by molar-refractivity contribution is 5.95. The van der Waals surface area contributed by atoms with Crippen LogP contribution < -0.4 is 10.6 Å². The third-order valence-electron chi connectivity index (χ3n) is 4.28. The van der Waals surface area contributed by atoms with Crippen molar-refractivity contribution in [3.8, 4) is 0 Å². The van der Waals surface area contributed by atoms with Crippen molar-refractivity contribution in [2.75, 3.05) is 13.2 Å². The maximum Gasteiger partial charge on any atom is 0.414 e. The third kappa shape index (κ3) is 9.23. The van der Waals surface area contributed by atoms with Crippen LogP contribution in [0.3, 0.4) is 0 Å². The molecule has 1 atom stereocenters. The first-order chi connectivity index (χ1) is 11.3. The van der Waals surface area contributed by atoms with Crippen molar-refractivity contribution in [1.82, 2.24) is 10.6 Å². The zero-order valence-corrected chi connectivity index (χ0v) is 15.4. The number of nitrogens with one attached hydrogen (secondary N) is 2. The summed E-state index contributed by atoms with van der Waals surface area (Å²) in [6, 6.07) is -0.785. The van der Waals surface area contributed by atoms with Crippen LogP contribution in [0.2, 0.25) is 0 Å². The van der Waals surface area contributed by atoms with Crippen LogP contribution in [0.4, 0.5) is 4.79 Å². The number of unbranched alkanes of at least 4 members (excludes halogenated alkanes) is 1. The first-order valence-electron chi connectivity index (χ1n) is 9.20. The molecule has 6 nitrogen and oxygen atoms in total. The smallest absolute Gasteiger partial charge is 0.414 e. The van der Waals surface area contributed by atoms with Crippen molar-refractivity contribution in [2.24, 2.45) is 5.92 Å². The van der Waals surface area contributed by atoms with E-state index in [4.69, 9.17) is 4.74 Å². The zero-order valence-electron chi connectivity index (χ0n) is 15.4. The number of hydrogen-bond acceptors (Lipinski definition) is 5. The quantitative estimate of drug-likeness (QED) is 0.590. The Kier molecular flexibility index (Phi) is 9.29. The molecule has 1 saturated carbocycles. The summed E-state index contributed by atoms with van der Waals surface area (Å²) >= 11 is 0. The average Bonchev–Trinajstić information content (AvgIpc) is 2.49. The van der Waals surface area contributed by atoms with Crippen molar-refractivity contribution < 1.29 is 19.4 Å². The Morgan fingerprint density at radius 1 is 1.17 bits per heavy atom. The predicted octanol–water partition coefficient (Wildman–Crippen LogP) is 2.74. The first kappa shape index (κ1) is 20.9. The summed E-state index contributed by atoms with van der Waals surface area (Å²) in [5, 5.41) is 14.5. The SMILES string of the molecule is CC(C)(C)OC(=O)NC(=O)[C@H](CO)NCCCCC1CCCCC1. The van der Waals surface area contributed by atoms with Crippen LogP contribution in [0.25, 0.3) is 0 Å². The van der Waals surface area contributed by atoms with Gasteiger partial charge in [0.1, 0.15) is 11.6 Å². The van der Waals surface area contributed by atoms with Crippen LogP contribution in [-0.2, 0) is 9.53 Å². The van der Waals surface area contributed by atoms with E-state index in [1.54, 1.807) is 20.8 Å². The maximum atomic E-state index is 11.9. The van der Waals surface area contributed by atoms with Crippen LogP contribution in [0.5, 0.6) is 0 Å². The van der Waals surface area contributed by atoms with Crippen LogP contribution in [0, 0.1) is 5.92 Å². The molecule has 0 unspecified atom stereocenters. The zero-order chi connectivity index (χ0) is 18.0. The van der Waals surface area contributed by atoms with Gasteiger partial charge in [-0.3, -0.25) is 10.1 Å². The minimum atomic E-state index is -0.787. The van der Waals surface area contributed by atoms with Crippen molar-refractivity contribution >= 4 is 12.0 Å². The number of imide groups is 1. The van der Waals surface area contributed by atoms with Crippen molar-refractivity contribution in [1.29, 1.82) is 0 Å². The van der Waals surface area contributed by atoms with Crippen LogP contribution in [-0.4, -0.2) is 41.9 Å². The van der Waals surface area contributed by atoms with Gasteiger partial charge in [0.25, 0.3) is 0 Å². The Labute approximate surface area is 145 Å². The minimum Gasteiger partial charge on any atom is -0.444 e. The van der Waals surface area contributed by atoms with Gasteiger partial charge in [0, 0.05) is 0 Å². The summed E-state index contributed by atoms with van der Waals surface area (Å²) in [6.07, 6.45) is 9.36. The number of amides is 2. The van der Waals surface area contributed by atoms with Gasteiger partial charge >= 0.3 is 6.09 Å². The number of rotatable bonds is 8. The van der Waals surface area contributed by atoms with Crippen molar-refractivity contribution in [3.63, 3.8) is 0 Å². The van der Waals surface area contributed by atoms with E-state index in [2.05, 4.69) is 10.6 Å². The molecule has 1 aliphatic carbocycles. The summed E-state index contributed by atoms with van der Waals surface area (Å²) in [5.41, 5.74) is -0.661. The lowest BCUT2D eigenvalue weighted by Gasteiger charge is -2.22. The normalized spacial score (nSPS) is 17.3. The Morgan fingerprint density at radius 2 is 1.83 bits per heavy atom. The molecule has 140 valence electrons. The van der Waals surface area contributed by atoms with E-state index in [0.29, 0.717) is 6.54 Å². The van der Waals surface area contributed by atoms with Crippen molar-refractivity contribution in [3.05, 3.63) is 0 Å². The molecule has 0 radical (unpaired) electrons. The molecule has 0 heterocycles. The highest BCUT2D eigenvalue weighted by Gasteiger charge is 2.23. The average molecular weight is 342 g/mol. The lowest BCUT2D eigenvalue weighted by molar-refractivity contribution is -0.123. The summed E-state index contributed by atoms with van der Waals surface area (Å²) < 4.78 is 5.03. The Morgan fingerprint density at radius 3 is 2.42 bits per heavy atom. The minimum absolute atomic E-state index is 0.350. The summed E-state index contributed by atoms with van der Waals surface area (Å²) in [4.78, 5) is 23.5. The molecule has 0 bridgehead atoms. The maximum absolute atomic E-state index is 11.9. The number of carbonyl (C=O) groups is 2. The Bertz CT molecular complexity index is 387. The lowest BCUT2D eigenvalue weighted by Crippen LogP contribution is -2.49. The van der Waals surface area contributed by atoms with E-state index in [1.807, 2.05) is 0 Å². The molecule has 0 aromatic rings. The third-order valence-corrected chi connectivity index (χ3v) is 4.28. The van der Waals surface area contributed by atoms with Crippen LogP contribution in [0.15, 0.2) is 0 Å². The molecule has 0 aromatic heterocycles. The van der Waals surface area contributed by atoms with E-state index in [1.165, 1.54) is 38.5 Å². The van der Waals surface area contributed by atoms with Gasteiger partial charge in [0.2, 0.25) is 5.91 Å². The fraction of sp³-hybridized carbons (Fsp3) is 0.889. The van der Waals surface area contributed by atoms with E-state index >= 15 is 0 Å². The van der Waals surface area contributed by atoms with E-state index in [0.717, 1.165) is 18.8 Å². The summed E-state index contributed by atoms with van der Waals surface area (Å²) in [5.74, 6) is 0.307. The molecule has 1 rings (SSSR count). The summed E-state index contributed by atoms with van der Waals surface area (Å²) in [7, 11) is 0. The Hall–Kier alpha value is -1.14. The monoisotopic (exact) mass is 342 g/mol. The standard InChI is InChI=1S/C18H34N2O4/c1-18(2,3)24-17(23)20-16(22)15(13-21)19-12-8-7-11-14-9-5-4-6-10-14/h14-15,19,21H,4-13H2,1-3H3,(H,20,22,23)/t15-/m0/s1. The van der Waals surface area contributed by atoms with Gasteiger partial charge in [-0.15, -0.1) is 0 Å². The van der Waals surface area contributed by atoms with Gasteiger partial charge in [0.15, 0.2) is 0 Å².